The monoisotopic (exact) mass is 497 g/mol. The fourth-order valence-electron chi connectivity index (χ4n) is 5.61. The van der Waals surface area contributed by atoms with Crippen LogP contribution in [0.2, 0.25) is 0 Å². The lowest BCUT2D eigenvalue weighted by Crippen LogP contribution is -2.39. The van der Waals surface area contributed by atoms with Crippen LogP contribution in [0.4, 0.5) is 0 Å². The van der Waals surface area contributed by atoms with Crippen LogP contribution in [0.15, 0.2) is 51.6 Å². The van der Waals surface area contributed by atoms with Crippen molar-refractivity contribution in [3.05, 3.63) is 57.1 Å². The zero-order valence-electron chi connectivity index (χ0n) is 17.4. The molecule has 1 N–H and O–H groups in total. The van der Waals surface area contributed by atoms with E-state index in [4.69, 9.17) is 4.74 Å². The molecule has 2 amide bonds. The average Bonchev–Trinajstić information content (AvgIpc) is 3.00. The lowest BCUT2D eigenvalue weighted by molar-refractivity contribution is -0.138. The van der Waals surface area contributed by atoms with E-state index in [1.807, 2.05) is 6.08 Å². The molecule has 0 aromatic heterocycles. The van der Waals surface area contributed by atoms with Crippen LogP contribution in [-0.4, -0.2) is 47.5 Å². The van der Waals surface area contributed by atoms with E-state index in [9.17, 15) is 24.3 Å². The number of ketones is 2. The Kier molecular flexibility index (Phi) is 4.74. The fraction of sp³-hybridized carbons (Fsp3) is 0.333. The standard InChI is InChI=1S/C24H20BrNO6/c1-26-23(30)13-6-5-11-14(20(13)24(26)31)8-15-21(18(28)9-16(25)22(15)29)19(11)12-4-3-10(32-2)7-17(12)27/h3-5,7,9,13-14,19-20,27H,6,8H2,1-2H3. The van der Waals surface area contributed by atoms with Crippen molar-refractivity contribution >= 4 is 39.3 Å². The Morgan fingerprint density at radius 3 is 2.56 bits per heavy atom. The fourth-order valence-corrected chi connectivity index (χ4v) is 6.06. The summed E-state index contributed by atoms with van der Waals surface area (Å²) >= 11 is 3.19. The molecule has 4 aliphatic rings. The molecule has 8 heteroatoms. The van der Waals surface area contributed by atoms with Crippen molar-refractivity contribution < 1.29 is 29.0 Å². The summed E-state index contributed by atoms with van der Waals surface area (Å²) in [4.78, 5) is 52.9. The molecule has 0 saturated carbocycles. The van der Waals surface area contributed by atoms with Crippen molar-refractivity contribution in [1.29, 1.82) is 0 Å². The number of carbonyl (C=O) groups is 4. The Morgan fingerprint density at radius 2 is 1.88 bits per heavy atom. The number of amides is 2. The molecule has 32 heavy (non-hydrogen) atoms. The van der Waals surface area contributed by atoms with E-state index in [1.165, 1.54) is 31.2 Å². The normalized spacial score (nSPS) is 29.4. The number of allylic oxidation sites excluding steroid dienone is 6. The van der Waals surface area contributed by atoms with Gasteiger partial charge >= 0.3 is 0 Å². The highest BCUT2D eigenvalue weighted by atomic mass is 79.9. The number of rotatable bonds is 2. The molecule has 5 rings (SSSR count). The summed E-state index contributed by atoms with van der Waals surface area (Å²) in [5.41, 5.74) is 1.92. The maximum absolute atomic E-state index is 13.1. The Morgan fingerprint density at radius 1 is 1.12 bits per heavy atom. The summed E-state index contributed by atoms with van der Waals surface area (Å²) in [6.45, 7) is 0. The predicted octanol–water partition coefficient (Wildman–Crippen LogP) is 2.79. The van der Waals surface area contributed by atoms with Crippen molar-refractivity contribution in [3.63, 3.8) is 0 Å². The van der Waals surface area contributed by atoms with E-state index >= 15 is 0 Å². The first-order valence-corrected chi connectivity index (χ1v) is 11.1. The van der Waals surface area contributed by atoms with E-state index in [0.29, 0.717) is 28.9 Å². The van der Waals surface area contributed by atoms with Gasteiger partial charge in [-0.25, -0.2) is 0 Å². The number of Topliss-reactive ketones (excluding diaryl/α,β-unsaturated/α-hetero) is 1. The molecule has 0 radical (unpaired) electrons. The highest BCUT2D eigenvalue weighted by Crippen LogP contribution is 2.56. The van der Waals surface area contributed by atoms with Crippen LogP contribution in [0, 0.1) is 17.8 Å². The van der Waals surface area contributed by atoms with Gasteiger partial charge in [0.1, 0.15) is 11.5 Å². The van der Waals surface area contributed by atoms with E-state index < -0.39 is 23.7 Å². The summed E-state index contributed by atoms with van der Waals surface area (Å²) in [5.74, 6) is -2.84. The van der Waals surface area contributed by atoms with E-state index in [0.717, 1.165) is 5.57 Å². The van der Waals surface area contributed by atoms with Crippen LogP contribution in [0.5, 0.6) is 11.5 Å². The van der Waals surface area contributed by atoms with E-state index in [1.54, 1.807) is 12.1 Å². The number of fused-ring (bicyclic) bond motifs is 3. The number of benzene rings is 1. The maximum atomic E-state index is 13.1. The van der Waals surface area contributed by atoms with Gasteiger partial charge in [-0.15, -0.1) is 0 Å². The van der Waals surface area contributed by atoms with Gasteiger partial charge in [0.05, 0.1) is 23.4 Å². The molecule has 1 fully saturated rings. The van der Waals surface area contributed by atoms with Crippen molar-refractivity contribution in [3.8, 4) is 11.5 Å². The van der Waals surface area contributed by atoms with Crippen LogP contribution in [0.25, 0.3) is 0 Å². The molecule has 0 spiro atoms. The zero-order chi connectivity index (χ0) is 22.9. The summed E-state index contributed by atoms with van der Waals surface area (Å²) < 4.78 is 5.36. The summed E-state index contributed by atoms with van der Waals surface area (Å²) in [6.07, 6.45) is 3.76. The molecule has 1 aliphatic heterocycles. The van der Waals surface area contributed by atoms with Gasteiger partial charge in [0.25, 0.3) is 0 Å². The first kappa shape index (κ1) is 20.9. The van der Waals surface area contributed by atoms with Gasteiger partial charge in [0.15, 0.2) is 11.6 Å². The minimum atomic E-state index is -0.683. The van der Waals surface area contributed by atoms with Crippen molar-refractivity contribution in [1.82, 2.24) is 4.90 Å². The number of likely N-dealkylation sites (tertiary alicyclic amines) is 1. The van der Waals surface area contributed by atoms with Crippen LogP contribution < -0.4 is 4.74 Å². The molecule has 1 heterocycles. The number of methoxy groups -OCH3 is 1. The Hall–Kier alpha value is -3.00. The smallest absolute Gasteiger partial charge is 0.233 e. The molecular weight excluding hydrogens is 478 g/mol. The van der Waals surface area contributed by atoms with Crippen LogP contribution in [0.3, 0.4) is 0 Å². The topological polar surface area (TPSA) is 101 Å². The number of hydrogen-bond donors (Lipinski definition) is 1. The number of carbonyl (C=O) groups excluding carboxylic acids is 4. The number of phenolic OH excluding ortho intramolecular Hbond substituents is 1. The summed E-state index contributed by atoms with van der Waals surface area (Å²) in [7, 11) is 2.97. The Labute approximate surface area is 192 Å². The molecule has 3 aliphatic carbocycles. The highest BCUT2D eigenvalue weighted by molar-refractivity contribution is 9.12. The SMILES string of the molecule is COc1ccc(C2C3=CCC4C(=O)N(C)C(=O)C4C3CC3=C2C(=O)C=C(Br)C3=O)c(O)c1. The molecule has 1 saturated heterocycles. The van der Waals surface area contributed by atoms with Crippen molar-refractivity contribution in [2.75, 3.05) is 14.2 Å². The van der Waals surface area contributed by atoms with Gasteiger partial charge in [-0.1, -0.05) is 17.7 Å². The van der Waals surface area contributed by atoms with Crippen LogP contribution >= 0.6 is 15.9 Å². The van der Waals surface area contributed by atoms with Gasteiger partial charge in [-0.05, 0) is 40.8 Å². The number of phenols is 1. The highest BCUT2D eigenvalue weighted by Gasteiger charge is 2.55. The van der Waals surface area contributed by atoms with Crippen LogP contribution in [-0.2, 0) is 19.2 Å². The molecule has 1 aromatic carbocycles. The number of aromatic hydroxyl groups is 1. The largest absolute Gasteiger partial charge is 0.507 e. The van der Waals surface area contributed by atoms with E-state index in [-0.39, 0.29) is 40.0 Å². The Bertz CT molecular complexity index is 1210. The second kappa shape index (κ2) is 7.27. The maximum Gasteiger partial charge on any atom is 0.233 e. The van der Waals surface area contributed by atoms with Crippen molar-refractivity contribution in [2.45, 2.75) is 18.8 Å². The molecule has 0 bridgehead atoms. The molecular formula is C24H20BrNO6. The van der Waals surface area contributed by atoms with Gasteiger partial charge in [0, 0.05) is 41.8 Å². The van der Waals surface area contributed by atoms with E-state index in [2.05, 4.69) is 15.9 Å². The lowest BCUT2D eigenvalue weighted by atomic mass is 9.59. The molecule has 4 unspecified atom stereocenters. The third-order valence-electron chi connectivity index (χ3n) is 7.10. The summed E-state index contributed by atoms with van der Waals surface area (Å²) in [5, 5.41) is 10.8. The van der Waals surface area contributed by atoms with Crippen molar-refractivity contribution in [2.24, 2.45) is 17.8 Å². The summed E-state index contributed by atoms with van der Waals surface area (Å²) in [6, 6.07) is 4.83. The van der Waals surface area contributed by atoms with Gasteiger partial charge in [-0.3, -0.25) is 24.1 Å². The second-order valence-electron chi connectivity index (χ2n) is 8.55. The minimum Gasteiger partial charge on any atom is -0.507 e. The first-order chi connectivity index (χ1) is 15.2. The van der Waals surface area contributed by atoms with Gasteiger partial charge in [0.2, 0.25) is 11.8 Å². The van der Waals surface area contributed by atoms with Gasteiger partial charge < -0.3 is 9.84 Å². The predicted molar refractivity (Wildman–Crippen MR) is 117 cm³/mol. The van der Waals surface area contributed by atoms with Crippen LogP contribution in [0.1, 0.15) is 24.3 Å². The molecule has 164 valence electrons. The molecule has 1 aromatic rings. The lowest BCUT2D eigenvalue weighted by Gasteiger charge is -2.42. The minimum absolute atomic E-state index is 0.0651. The molecule has 7 nitrogen and oxygen atoms in total. The molecule has 4 atom stereocenters. The number of imide groups is 1. The van der Waals surface area contributed by atoms with Gasteiger partial charge in [-0.2, -0.15) is 0 Å². The number of nitrogens with zero attached hydrogens (tertiary/aromatic N) is 1. The third kappa shape index (κ3) is 2.78. The third-order valence-corrected chi connectivity index (χ3v) is 7.69. The number of halogens is 1. The second-order valence-corrected chi connectivity index (χ2v) is 9.41. The number of ether oxygens (including phenoxy) is 1. The Balaban J connectivity index is 1.72. The number of hydrogen-bond acceptors (Lipinski definition) is 6. The first-order valence-electron chi connectivity index (χ1n) is 10.3. The quantitative estimate of drug-likeness (QED) is 0.383. The average molecular weight is 498 g/mol. The zero-order valence-corrected chi connectivity index (χ0v) is 19.0.